The molecule has 0 bridgehead atoms. The van der Waals surface area contributed by atoms with Crippen LogP contribution in [0.2, 0.25) is 0 Å². The fourth-order valence-corrected chi connectivity index (χ4v) is 0.909. The fourth-order valence-electron chi connectivity index (χ4n) is 0.909. The van der Waals surface area contributed by atoms with Crippen molar-refractivity contribution in [1.82, 2.24) is 0 Å². The smallest absolute Gasteiger partial charge is 0.0957 e. The maximum absolute atomic E-state index is 8.86. The van der Waals surface area contributed by atoms with E-state index >= 15 is 0 Å². The Kier molecular flexibility index (Phi) is 7.33. The van der Waals surface area contributed by atoms with E-state index in [1.54, 1.807) is 0 Å². The van der Waals surface area contributed by atoms with Crippen LogP contribution in [0.4, 0.5) is 0 Å². The van der Waals surface area contributed by atoms with Gasteiger partial charge in [0.05, 0.1) is 19.3 Å². The average Bonchev–Trinajstić information content (AvgIpc) is 2.06. The van der Waals surface area contributed by atoms with Gasteiger partial charge in [-0.3, -0.25) is 0 Å². The molecule has 2 atom stereocenters. The first-order valence-corrected chi connectivity index (χ1v) is 4.14. The van der Waals surface area contributed by atoms with Crippen LogP contribution in [-0.2, 0) is 4.74 Å². The lowest BCUT2D eigenvalue weighted by atomic mass is 10.1. The number of hydrogen-bond acceptors (Lipinski definition) is 5. The van der Waals surface area contributed by atoms with Gasteiger partial charge in [0.2, 0.25) is 0 Å². The molecule has 0 aliphatic heterocycles. The van der Waals surface area contributed by atoms with Gasteiger partial charge in [0.15, 0.2) is 0 Å². The minimum absolute atomic E-state index is 0.0822. The maximum atomic E-state index is 8.86. The molecular formula is C7H19N3O2. The molecule has 5 heteroatoms. The van der Waals surface area contributed by atoms with E-state index in [-0.39, 0.29) is 18.8 Å². The Balaban J connectivity index is 3.62. The third-order valence-electron chi connectivity index (χ3n) is 1.61. The van der Waals surface area contributed by atoms with Gasteiger partial charge in [-0.1, -0.05) is 0 Å². The summed E-state index contributed by atoms with van der Waals surface area (Å²) in [5.74, 6) is 0. The Morgan fingerprint density at radius 2 is 1.92 bits per heavy atom. The first-order chi connectivity index (χ1) is 5.76. The van der Waals surface area contributed by atoms with Crippen LogP contribution >= 0.6 is 0 Å². The van der Waals surface area contributed by atoms with Crippen LogP contribution in [-0.4, -0.2) is 43.6 Å². The van der Waals surface area contributed by atoms with Crippen LogP contribution in [0, 0.1) is 0 Å². The molecule has 0 fully saturated rings. The first-order valence-electron chi connectivity index (χ1n) is 4.14. The van der Waals surface area contributed by atoms with Crippen LogP contribution in [0.5, 0.6) is 0 Å². The highest BCUT2D eigenvalue weighted by Crippen LogP contribution is 1.99. The molecule has 2 unspecified atom stereocenters. The number of rotatable bonds is 7. The van der Waals surface area contributed by atoms with Crippen molar-refractivity contribution in [2.75, 3.05) is 26.3 Å². The highest BCUT2D eigenvalue weighted by Gasteiger charge is 2.15. The molecule has 0 amide bonds. The SMILES string of the molecule is NCCOC(CO)C(N)CCN. The van der Waals surface area contributed by atoms with Crippen molar-refractivity contribution < 1.29 is 9.84 Å². The van der Waals surface area contributed by atoms with Crippen molar-refractivity contribution in [1.29, 1.82) is 0 Å². The predicted octanol–water partition coefficient (Wildman–Crippen LogP) is -2.00. The van der Waals surface area contributed by atoms with Crippen molar-refractivity contribution in [2.45, 2.75) is 18.6 Å². The van der Waals surface area contributed by atoms with E-state index < -0.39 is 0 Å². The van der Waals surface area contributed by atoms with Gasteiger partial charge in [0.25, 0.3) is 0 Å². The zero-order valence-corrected chi connectivity index (χ0v) is 7.28. The van der Waals surface area contributed by atoms with Crippen LogP contribution in [0.15, 0.2) is 0 Å². The van der Waals surface area contributed by atoms with E-state index in [1.807, 2.05) is 0 Å². The van der Waals surface area contributed by atoms with Crippen LogP contribution < -0.4 is 17.2 Å². The Morgan fingerprint density at radius 1 is 1.25 bits per heavy atom. The summed E-state index contributed by atoms with van der Waals surface area (Å²) in [5, 5.41) is 8.86. The van der Waals surface area contributed by atoms with E-state index in [0.717, 1.165) is 0 Å². The number of ether oxygens (including phenoxy) is 1. The molecule has 0 saturated carbocycles. The van der Waals surface area contributed by atoms with Crippen molar-refractivity contribution in [3.8, 4) is 0 Å². The second-order valence-electron chi connectivity index (χ2n) is 2.62. The van der Waals surface area contributed by atoms with Gasteiger partial charge in [-0.15, -0.1) is 0 Å². The molecule has 12 heavy (non-hydrogen) atoms. The van der Waals surface area contributed by atoms with E-state index in [2.05, 4.69) is 0 Å². The fraction of sp³-hybridized carbons (Fsp3) is 1.00. The molecule has 74 valence electrons. The topological polar surface area (TPSA) is 108 Å². The quantitative estimate of drug-likeness (QED) is 0.360. The Morgan fingerprint density at radius 3 is 2.33 bits per heavy atom. The van der Waals surface area contributed by atoms with Crippen LogP contribution in [0.25, 0.3) is 0 Å². The largest absolute Gasteiger partial charge is 0.394 e. The Hall–Kier alpha value is -0.200. The summed E-state index contributed by atoms with van der Waals surface area (Å²) in [7, 11) is 0. The molecule has 0 saturated heterocycles. The minimum Gasteiger partial charge on any atom is -0.394 e. The summed E-state index contributed by atoms with van der Waals surface area (Å²) in [5.41, 5.74) is 16.2. The maximum Gasteiger partial charge on any atom is 0.0957 e. The third kappa shape index (κ3) is 4.63. The van der Waals surface area contributed by atoms with Gasteiger partial charge in [0, 0.05) is 12.6 Å². The summed E-state index contributed by atoms with van der Waals surface area (Å²) in [6.45, 7) is 1.28. The lowest BCUT2D eigenvalue weighted by Crippen LogP contribution is -2.41. The third-order valence-corrected chi connectivity index (χ3v) is 1.61. The number of nitrogens with two attached hydrogens (primary N) is 3. The monoisotopic (exact) mass is 177 g/mol. The van der Waals surface area contributed by atoms with Crippen molar-refractivity contribution in [3.63, 3.8) is 0 Å². The van der Waals surface area contributed by atoms with Gasteiger partial charge in [0.1, 0.15) is 0 Å². The van der Waals surface area contributed by atoms with E-state index in [1.165, 1.54) is 0 Å². The molecule has 0 heterocycles. The highest BCUT2D eigenvalue weighted by molar-refractivity contribution is 4.72. The summed E-state index contributed by atoms with van der Waals surface area (Å²) in [6, 6.07) is -0.202. The molecule has 7 N–H and O–H groups in total. The molecule has 0 aliphatic rings. The van der Waals surface area contributed by atoms with Crippen molar-refractivity contribution in [2.24, 2.45) is 17.2 Å². The van der Waals surface area contributed by atoms with Gasteiger partial charge in [-0.25, -0.2) is 0 Å². The number of aliphatic hydroxyl groups excluding tert-OH is 1. The van der Waals surface area contributed by atoms with E-state index in [0.29, 0.717) is 26.1 Å². The van der Waals surface area contributed by atoms with Gasteiger partial charge in [-0.05, 0) is 13.0 Å². The molecule has 0 aromatic carbocycles. The summed E-state index contributed by atoms with van der Waals surface area (Å²) in [4.78, 5) is 0. The molecule has 0 aromatic rings. The minimum atomic E-state index is -0.336. The second kappa shape index (κ2) is 7.45. The normalized spacial score (nSPS) is 16.0. The number of aliphatic hydroxyl groups is 1. The van der Waals surface area contributed by atoms with Gasteiger partial charge >= 0.3 is 0 Å². The molecule has 0 radical (unpaired) electrons. The summed E-state index contributed by atoms with van der Waals surface area (Å²) in [6.07, 6.45) is 0.313. The lowest BCUT2D eigenvalue weighted by Gasteiger charge is -2.21. The Bertz CT molecular complexity index is 103. The van der Waals surface area contributed by atoms with Crippen molar-refractivity contribution in [3.05, 3.63) is 0 Å². The zero-order valence-electron chi connectivity index (χ0n) is 7.28. The highest BCUT2D eigenvalue weighted by atomic mass is 16.5. The predicted molar refractivity (Wildman–Crippen MR) is 47.5 cm³/mol. The zero-order chi connectivity index (χ0) is 9.40. The molecular weight excluding hydrogens is 158 g/mol. The summed E-state index contributed by atoms with van der Waals surface area (Å²) >= 11 is 0. The lowest BCUT2D eigenvalue weighted by molar-refractivity contribution is 0.000510. The molecule has 0 aliphatic carbocycles. The second-order valence-corrected chi connectivity index (χ2v) is 2.62. The molecule has 5 nitrogen and oxygen atoms in total. The van der Waals surface area contributed by atoms with Crippen LogP contribution in [0.1, 0.15) is 6.42 Å². The van der Waals surface area contributed by atoms with Gasteiger partial charge < -0.3 is 27.0 Å². The average molecular weight is 177 g/mol. The van der Waals surface area contributed by atoms with E-state index in [4.69, 9.17) is 27.0 Å². The van der Waals surface area contributed by atoms with Gasteiger partial charge in [-0.2, -0.15) is 0 Å². The van der Waals surface area contributed by atoms with Crippen molar-refractivity contribution >= 4 is 0 Å². The number of hydrogen-bond donors (Lipinski definition) is 4. The molecule has 0 spiro atoms. The summed E-state index contributed by atoms with van der Waals surface area (Å²) < 4.78 is 5.20. The first kappa shape index (κ1) is 11.8. The molecule has 0 rings (SSSR count). The molecule has 0 aromatic heterocycles. The Labute approximate surface area is 72.9 Å². The van der Waals surface area contributed by atoms with Crippen LogP contribution in [0.3, 0.4) is 0 Å². The standard InChI is InChI=1S/C7H19N3O2/c8-2-1-6(10)7(5-11)12-4-3-9/h6-7,11H,1-5,8-10H2. The van der Waals surface area contributed by atoms with E-state index in [9.17, 15) is 0 Å².